The molecule has 3 aromatic heterocycles. The second-order valence-corrected chi connectivity index (χ2v) is 10.1. The lowest BCUT2D eigenvalue weighted by Crippen LogP contribution is -2.36. The van der Waals surface area contributed by atoms with Crippen LogP contribution in [0.3, 0.4) is 0 Å². The monoisotopic (exact) mass is 389 g/mol. The summed E-state index contributed by atoms with van der Waals surface area (Å²) in [5, 5.41) is 4.90. The van der Waals surface area contributed by atoms with Crippen LogP contribution in [0.15, 0.2) is 46.9 Å². The van der Waals surface area contributed by atoms with Crippen molar-refractivity contribution in [1.29, 1.82) is 0 Å². The van der Waals surface area contributed by atoms with Crippen LogP contribution in [-0.4, -0.2) is 14.9 Å². The highest BCUT2D eigenvalue weighted by molar-refractivity contribution is 5.85. The van der Waals surface area contributed by atoms with Gasteiger partial charge in [0.05, 0.1) is 0 Å². The van der Waals surface area contributed by atoms with Crippen molar-refractivity contribution < 1.29 is 4.42 Å². The minimum absolute atomic E-state index is 0.105. The molecule has 0 aliphatic heterocycles. The van der Waals surface area contributed by atoms with Crippen molar-refractivity contribution in [2.75, 3.05) is 5.32 Å². The average molecular weight is 390 g/mol. The summed E-state index contributed by atoms with van der Waals surface area (Å²) >= 11 is 0. The van der Waals surface area contributed by atoms with Gasteiger partial charge >= 0.3 is 0 Å². The molecule has 0 aliphatic rings. The van der Waals surface area contributed by atoms with E-state index in [0.29, 0.717) is 0 Å². The summed E-state index contributed by atoms with van der Waals surface area (Å²) in [7, 11) is 0. The van der Waals surface area contributed by atoms with Gasteiger partial charge in [0.1, 0.15) is 22.7 Å². The zero-order valence-electron chi connectivity index (χ0n) is 18.6. The SMILES string of the molecule is Cc1cc(C)n2c(NC(C)(C)CC(C)(C)C)c(-c3cc4ccccc4o3)nc2c1. The molecule has 0 aliphatic carbocycles. The molecule has 4 rings (SSSR count). The van der Waals surface area contributed by atoms with Gasteiger partial charge < -0.3 is 9.73 Å². The van der Waals surface area contributed by atoms with E-state index >= 15 is 0 Å². The lowest BCUT2D eigenvalue weighted by atomic mass is 9.82. The van der Waals surface area contributed by atoms with Crippen molar-refractivity contribution in [2.24, 2.45) is 5.41 Å². The van der Waals surface area contributed by atoms with Crippen molar-refractivity contribution in [3.8, 4) is 11.5 Å². The van der Waals surface area contributed by atoms with Crippen LogP contribution in [0, 0.1) is 19.3 Å². The van der Waals surface area contributed by atoms with Gasteiger partial charge in [-0.2, -0.15) is 0 Å². The Morgan fingerprint density at radius 3 is 2.41 bits per heavy atom. The highest BCUT2D eigenvalue weighted by Gasteiger charge is 2.29. The minimum atomic E-state index is -0.105. The molecule has 0 saturated heterocycles. The fourth-order valence-electron chi connectivity index (χ4n) is 4.61. The highest BCUT2D eigenvalue weighted by Crippen LogP contribution is 2.37. The zero-order valence-corrected chi connectivity index (χ0v) is 18.6. The maximum Gasteiger partial charge on any atom is 0.157 e. The van der Waals surface area contributed by atoms with Crippen LogP contribution < -0.4 is 5.32 Å². The smallest absolute Gasteiger partial charge is 0.157 e. The normalized spacial score (nSPS) is 12.8. The van der Waals surface area contributed by atoms with E-state index in [-0.39, 0.29) is 11.0 Å². The molecule has 0 fully saturated rings. The number of nitrogens with zero attached hydrogens (tertiary/aromatic N) is 2. The molecular formula is C25H31N3O. The Balaban J connectivity index is 1.91. The lowest BCUT2D eigenvalue weighted by Gasteiger charge is -2.34. The topological polar surface area (TPSA) is 42.5 Å². The average Bonchev–Trinajstić information content (AvgIpc) is 3.13. The Kier molecular flexibility index (Phi) is 4.49. The molecule has 1 N–H and O–H groups in total. The number of rotatable bonds is 4. The third kappa shape index (κ3) is 3.89. The van der Waals surface area contributed by atoms with Crippen molar-refractivity contribution >= 4 is 22.4 Å². The number of para-hydroxylation sites is 1. The van der Waals surface area contributed by atoms with Gasteiger partial charge in [-0.15, -0.1) is 0 Å². The quantitative estimate of drug-likeness (QED) is 0.409. The summed E-state index contributed by atoms with van der Waals surface area (Å²) in [5.74, 6) is 1.78. The largest absolute Gasteiger partial charge is 0.454 e. The summed E-state index contributed by atoms with van der Waals surface area (Å²) in [6.45, 7) is 15.6. The summed E-state index contributed by atoms with van der Waals surface area (Å²) in [5.41, 5.74) is 5.14. The van der Waals surface area contributed by atoms with E-state index in [2.05, 4.69) is 82.4 Å². The molecule has 0 amide bonds. The number of hydrogen-bond donors (Lipinski definition) is 1. The third-order valence-corrected chi connectivity index (χ3v) is 5.14. The van der Waals surface area contributed by atoms with E-state index in [4.69, 9.17) is 9.40 Å². The molecule has 1 aromatic carbocycles. The lowest BCUT2D eigenvalue weighted by molar-refractivity contribution is 0.302. The summed E-state index contributed by atoms with van der Waals surface area (Å²) in [6.07, 6.45) is 1.03. The Labute approximate surface area is 173 Å². The van der Waals surface area contributed by atoms with Crippen LogP contribution >= 0.6 is 0 Å². The Morgan fingerprint density at radius 2 is 1.72 bits per heavy atom. The van der Waals surface area contributed by atoms with Crippen molar-refractivity contribution in [3.63, 3.8) is 0 Å². The summed E-state index contributed by atoms with van der Waals surface area (Å²) in [6, 6.07) is 14.5. The summed E-state index contributed by atoms with van der Waals surface area (Å²) < 4.78 is 8.40. The molecule has 0 atom stereocenters. The number of imidazole rings is 1. The van der Waals surface area contributed by atoms with Crippen LogP contribution in [0.1, 0.15) is 52.3 Å². The second kappa shape index (κ2) is 6.65. The van der Waals surface area contributed by atoms with Crippen LogP contribution in [0.25, 0.3) is 28.1 Å². The standard InChI is InChI=1S/C25H31N3O/c1-16-12-17(2)28-21(13-16)26-22(20-14-18-10-8-9-11-19(18)29-20)23(28)27-25(6,7)15-24(3,4)5/h8-14,27H,15H2,1-7H3. The predicted molar refractivity (Wildman–Crippen MR) is 122 cm³/mol. The summed E-state index contributed by atoms with van der Waals surface area (Å²) in [4.78, 5) is 4.99. The van der Waals surface area contributed by atoms with Gasteiger partial charge in [-0.05, 0) is 69.4 Å². The molecule has 152 valence electrons. The molecule has 0 radical (unpaired) electrons. The molecule has 0 spiro atoms. The number of furan rings is 1. The number of pyridine rings is 1. The van der Waals surface area contributed by atoms with E-state index in [1.807, 2.05) is 18.2 Å². The molecule has 29 heavy (non-hydrogen) atoms. The van der Waals surface area contributed by atoms with Crippen molar-refractivity contribution in [3.05, 3.63) is 53.7 Å². The Morgan fingerprint density at radius 1 is 1.00 bits per heavy atom. The third-order valence-electron chi connectivity index (χ3n) is 5.14. The predicted octanol–water partition coefficient (Wildman–Crippen LogP) is 6.99. The number of aromatic nitrogens is 2. The number of nitrogens with one attached hydrogen (secondary N) is 1. The maximum atomic E-state index is 6.19. The van der Waals surface area contributed by atoms with Gasteiger partial charge in [0.25, 0.3) is 0 Å². The number of benzene rings is 1. The van der Waals surface area contributed by atoms with Gasteiger partial charge in [-0.25, -0.2) is 4.98 Å². The maximum absolute atomic E-state index is 6.19. The number of fused-ring (bicyclic) bond motifs is 2. The van der Waals surface area contributed by atoms with Gasteiger partial charge in [0, 0.05) is 16.6 Å². The van der Waals surface area contributed by atoms with Crippen LogP contribution in [0.4, 0.5) is 5.82 Å². The molecule has 4 nitrogen and oxygen atoms in total. The van der Waals surface area contributed by atoms with Gasteiger partial charge in [0.2, 0.25) is 0 Å². The van der Waals surface area contributed by atoms with E-state index in [9.17, 15) is 0 Å². The van der Waals surface area contributed by atoms with Crippen molar-refractivity contribution in [1.82, 2.24) is 9.38 Å². The number of hydrogen-bond acceptors (Lipinski definition) is 3. The first kappa shape index (κ1) is 19.6. The molecule has 4 aromatic rings. The number of anilines is 1. The highest BCUT2D eigenvalue weighted by atomic mass is 16.3. The fraction of sp³-hybridized carbons (Fsp3) is 0.400. The first-order valence-electron chi connectivity index (χ1n) is 10.3. The fourth-order valence-corrected chi connectivity index (χ4v) is 4.61. The van der Waals surface area contributed by atoms with Crippen molar-refractivity contribution in [2.45, 2.75) is 60.4 Å². The van der Waals surface area contributed by atoms with E-state index in [0.717, 1.165) is 46.0 Å². The Hall–Kier alpha value is -2.75. The molecule has 3 heterocycles. The van der Waals surface area contributed by atoms with E-state index in [1.54, 1.807) is 0 Å². The second-order valence-electron chi connectivity index (χ2n) is 10.1. The van der Waals surface area contributed by atoms with Gasteiger partial charge in [0.15, 0.2) is 5.76 Å². The van der Waals surface area contributed by atoms with E-state index < -0.39 is 0 Å². The Bertz CT molecular complexity index is 1160. The van der Waals surface area contributed by atoms with E-state index in [1.165, 1.54) is 5.56 Å². The van der Waals surface area contributed by atoms with Crippen LogP contribution in [0.5, 0.6) is 0 Å². The molecular weight excluding hydrogens is 358 g/mol. The zero-order chi connectivity index (χ0) is 21.0. The molecule has 0 saturated carbocycles. The molecule has 0 unspecified atom stereocenters. The first-order valence-corrected chi connectivity index (χ1v) is 10.3. The number of aryl methyl sites for hydroxylation is 2. The van der Waals surface area contributed by atoms with Gasteiger partial charge in [-0.3, -0.25) is 4.40 Å². The van der Waals surface area contributed by atoms with Crippen LogP contribution in [-0.2, 0) is 0 Å². The molecule has 0 bridgehead atoms. The van der Waals surface area contributed by atoms with Crippen LogP contribution in [0.2, 0.25) is 0 Å². The minimum Gasteiger partial charge on any atom is -0.454 e. The molecule has 4 heteroatoms. The van der Waals surface area contributed by atoms with Gasteiger partial charge in [-0.1, -0.05) is 39.0 Å². The first-order chi connectivity index (χ1) is 13.5.